The Morgan fingerprint density at radius 3 is 0.435 bits per heavy atom. The van der Waals surface area contributed by atoms with Crippen LogP contribution in [0, 0.1) is 0 Å². The number of rotatable bonds is 28. The van der Waals surface area contributed by atoms with E-state index in [0.29, 0.717) is 0 Å². The molecular formula is C16H40O43P10. The third kappa shape index (κ3) is 26.1. The van der Waals surface area contributed by atoms with Gasteiger partial charge in [0.15, 0.2) is 0 Å². The van der Waals surface area contributed by atoms with E-state index in [0.717, 1.165) is 0 Å². The highest BCUT2D eigenvalue weighted by atomic mass is 31.2. The third-order valence-electron chi connectivity index (χ3n) is 7.55. The summed E-state index contributed by atoms with van der Waals surface area (Å²) in [6.45, 7) is -4.72. The van der Waals surface area contributed by atoms with Gasteiger partial charge >= 0.3 is 78.2 Å². The van der Waals surface area contributed by atoms with Crippen molar-refractivity contribution in [2.45, 2.75) is 73.2 Å². The quantitative estimate of drug-likeness (QED) is 0.0257. The Morgan fingerprint density at radius 2 is 0.319 bits per heavy atom. The molecule has 0 aliphatic heterocycles. The van der Waals surface area contributed by atoms with Crippen LogP contribution >= 0.6 is 78.2 Å². The number of phosphoric acid groups is 10. The van der Waals surface area contributed by atoms with Crippen molar-refractivity contribution in [2.24, 2.45) is 0 Å². The largest absolute Gasteiger partial charge is 0.470 e. The minimum absolute atomic E-state index is 1.09. The number of hydrogen-bond acceptors (Lipinski definition) is 23. The van der Waals surface area contributed by atoms with Crippen molar-refractivity contribution in [3.05, 3.63) is 0 Å². The third-order valence-corrected chi connectivity index (χ3v) is 12.7. The average Bonchev–Trinajstić information content (AvgIpc) is 3.03. The van der Waals surface area contributed by atoms with E-state index >= 15 is 0 Å². The summed E-state index contributed by atoms with van der Waals surface area (Å²) >= 11 is 0. The van der Waals surface area contributed by atoms with Crippen LogP contribution in [0.5, 0.6) is 0 Å². The van der Waals surface area contributed by atoms with Crippen molar-refractivity contribution in [1.29, 1.82) is 0 Å². The fourth-order valence-corrected chi connectivity index (χ4v) is 11.6. The van der Waals surface area contributed by atoms with Crippen molar-refractivity contribution >= 4 is 78.2 Å². The van der Waals surface area contributed by atoms with Crippen LogP contribution in [0.3, 0.4) is 0 Å². The van der Waals surface area contributed by atoms with Crippen LogP contribution in [0.2, 0.25) is 0 Å². The zero-order valence-electron chi connectivity index (χ0n) is 32.6. The molecule has 0 heterocycles. The van der Waals surface area contributed by atoms with Crippen LogP contribution in [0.4, 0.5) is 0 Å². The molecule has 0 saturated heterocycles. The first-order valence-electron chi connectivity index (χ1n) is 16.6. The van der Waals surface area contributed by atoms with Gasteiger partial charge in [-0.1, -0.05) is 0 Å². The second kappa shape index (κ2) is 24.5. The summed E-state index contributed by atoms with van der Waals surface area (Å²) in [6, 6.07) is 0. The molecule has 12 atom stereocenters. The van der Waals surface area contributed by atoms with Gasteiger partial charge in [-0.05, 0) is 0 Å². The molecule has 43 nitrogen and oxygen atoms in total. The van der Waals surface area contributed by atoms with Crippen molar-refractivity contribution in [3.63, 3.8) is 0 Å². The molecule has 412 valence electrons. The minimum Gasteiger partial charge on any atom is -0.377 e. The molecule has 20 N–H and O–H groups in total. The van der Waals surface area contributed by atoms with Gasteiger partial charge in [0, 0.05) is 0 Å². The predicted molar refractivity (Wildman–Crippen MR) is 199 cm³/mol. The summed E-state index contributed by atoms with van der Waals surface area (Å²) in [5, 5.41) is 0. The van der Waals surface area contributed by atoms with Crippen LogP contribution < -0.4 is 0 Å². The van der Waals surface area contributed by atoms with E-state index in [2.05, 4.69) is 45.2 Å². The van der Waals surface area contributed by atoms with Crippen molar-refractivity contribution in [2.75, 3.05) is 26.4 Å². The first-order chi connectivity index (χ1) is 30.4. The molecule has 0 radical (unpaired) electrons. The number of hydrogen-bond donors (Lipinski definition) is 20. The predicted octanol–water partition coefficient (Wildman–Crippen LogP) is -5.42. The topological polar surface area (TPSA) is 695 Å². The SMILES string of the molecule is O=P(O)(O)OC1C(OP(=O)(O)O)[C@@H](OP(=O)(O)O)C(OCCOCCOC2[C@@H](OP(=O)(O)O)[C@H](OP(=O)(O)O)C(OP(=O)(O)O)[C@H](OP(=O)(O)O)[C@H]2OP(=O)(O)O)[C@@H](OP(=O)(O)O)C1OP(=O)(O)O. The van der Waals surface area contributed by atoms with Crippen molar-refractivity contribution in [1.82, 2.24) is 0 Å². The zero-order chi connectivity index (χ0) is 53.9. The van der Waals surface area contributed by atoms with Crippen LogP contribution in [0.25, 0.3) is 0 Å². The van der Waals surface area contributed by atoms with Gasteiger partial charge in [-0.2, -0.15) is 0 Å². The highest BCUT2D eigenvalue weighted by Gasteiger charge is 2.63. The first-order valence-corrected chi connectivity index (χ1v) is 31.9. The van der Waals surface area contributed by atoms with Gasteiger partial charge in [0.1, 0.15) is 73.2 Å². The van der Waals surface area contributed by atoms with E-state index < -0.39 is 178 Å². The Bertz CT molecular complexity index is 1920. The first kappa shape index (κ1) is 66.1. The van der Waals surface area contributed by atoms with Gasteiger partial charge in [0.05, 0.1) is 26.4 Å². The molecule has 2 aliphatic carbocycles. The lowest BCUT2D eigenvalue weighted by atomic mass is 9.85. The molecule has 0 aromatic carbocycles. The van der Waals surface area contributed by atoms with E-state index in [-0.39, 0.29) is 0 Å². The standard InChI is InChI=1S/C16H40O43P10/c17-60(18,19)50-7-5(8(51-61(20,21)22)12(55-65(32,33)34)15(58-68(41,42)43)11(7)54-64(29,30)31)48-3-1-47-2-4-49-6-9(52-62(23,24)25)13(56-66(35,36)37)16(59-69(44,45)46)14(57-67(38,39)40)10(6)53-63(26,27)28/h5-16H,1-4H2,(H2,17,18,19)(H2,20,21,22)(H2,23,24,25)(H2,26,27,28)(H2,29,30,31)(H2,32,33,34)(H2,35,36,37)(H2,38,39,40)(H2,41,42,43)(H2,44,45,46)/t5?,6?,7-,8+,9-,10+,11+,12-,13?,14?,15?,16?. The monoisotopic (exact) mass is 1230 g/mol. The Kier molecular flexibility index (Phi) is 23.5. The van der Waals surface area contributed by atoms with Crippen LogP contribution in [0.1, 0.15) is 0 Å². The molecule has 2 rings (SSSR count). The maximum absolute atomic E-state index is 12.0. The second-order valence-electron chi connectivity index (χ2n) is 12.9. The molecule has 2 fully saturated rings. The highest BCUT2D eigenvalue weighted by Crippen LogP contribution is 2.58. The molecule has 0 bridgehead atoms. The molecule has 0 spiro atoms. The summed E-state index contributed by atoms with van der Waals surface area (Å²) < 4.78 is 178. The van der Waals surface area contributed by atoms with Gasteiger partial charge in [-0.3, -0.25) is 45.2 Å². The van der Waals surface area contributed by atoms with E-state index in [1.54, 1.807) is 0 Å². The molecular weight excluding hydrogens is 1190 g/mol. The van der Waals surface area contributed by atoms with E-state index in [9.17, 15) is 144 Å². The van der Waals surface area contributed by atoms with Crippen molar-refractivity contribution in [3.8, 4) is 0 Å². The van der Waals surface area contributed by atoms with Gasteiger partial charge in [-0.25, -0.2) is 45.7 Å². The maximum Gasteiger partial charge on any atom is 0.470 e. The Morgan fingerprint density at radius 1 is 0.203 bits per heavy atom. The Hall–Kier alpha value is 0.980. The van der Waals surface area contributed by atoms with Gasteiger partial charge in [-0.15, -0.1) is 0 Å². The molecule has 0 aromatic heterocycles. The lowest BCUT2D eigenvalue weighted by Gasteiger charge is -2.48. The number of ether oxygens (including phenoxy) is 3. The molecule has 0 aromatic rings. The van der Waals surface area contributed by atoms with E-state index in [1.165, 1.54) is 0 Å². The molecule has 6 unspecified atom stereocenters. The summed E-state index contributed by atoms with van der Waals surface area (Å²) in [6.07, 6.45) is -37.2. The molecule has 53 heteroatoms. The molecule has 2 saturated carbocycles. The maximum atomic E-state index is 12.0. The fraction of sp³-hybridized carbons (Fsp3) is 1.00. The lowest BCUT2D eigenvalue weighted by Crippen LogP contribution is -2.66. The average molecular weight is 1230 g/mol. The summed E-state index contributed by atoms with van der Waals surface area (Å²) in [4.78, 5) is 191. The second-order valence-corrected chi connectivity index (χ2v) is 24.8. The fourth-order valence-electron chi connectivity index (χ4n) is 6.00. The Balaban J connectivity index is 2.65. The minimum atomic E-state index is -6.18. The molecule has 2 aliphatic rings. The molecule has 0 amide bonds. The smallest absolute Gasteiger partial charge is 0.377 e. The van der Waals surface area contributed by atoms with E-state index in [4.69, 9.17) is 14.2 Å². The highest BCUT2D eigenvalue weighted by molar-refractivity contribution is 7.48. The van der Waals surface area contributed by atoms with E-state index in [1.807, 2.05) is 0 Å². The van der Waals surface area contributed by atoms with Crippen LogP contribution in [-0.2, 0) is 105 Å². The summed E-state index contributed by atoms with van der Waals surface area (Å²) in [7, 11) is -61.7. The molecule has 69 heavy (non-hydrogen) atoms. The van der Waals surface area contributed by atoms with Crippen LogP contribution in [-0.4, -0.2) is 198 Å². The summed E-state index contributed by atoms with van der Waals surface area (Å²) in [5.74, 6) is 0. The van der Waals surface area contributed by atoms with Gasteiger partial charge in [0.2, 0.25) is 0 Å². The Labute approximate surface area is 380 Å². The number of phosphoric ester groups is 10. The zero-order valence-corrected chi connectivity index (χ0v) is 41.5. The summed E-state index contributed by atoms with van der Waals surface area (Å²) in [5.41, 5.74) is 0. The lowest BCUT2D eigenvalue weighted by molar-refractivity contribution is -0.224. The van der Waals surface area contributed by atoms with Crippen molar-refractivity contribution < 1.29 is 203 Å². The van der Waals surface area contributed by atoms with Gasteiger partial charge < -0.3 is 112 Å². The normalized spacial score (nSPS) is 29.9. The van der Waals surface area contributed by atoms with Crippen LogP contribution in [0.15, 0.2) is 0 Å². The van der Waals surface area contributed by atoms with Gasteiger partial charge in [0.25, 0.3) is 0 Å².